The first-order chi connectivity index (χ1) is 14.0. The highest BCUT2D eigenvalue weighted by molar-refractivity contribution is 7.89. The van der Waals surface area contributed by atoms with Crippen molar-refractivity contribution in [3.8, 4) is 0 Å². The predicted octanol–water partition coefficient (Wildman–Crippen LogP) is 2.76. The van der Waals surface area contributed by atoms with Crippen molar-refractivity contribution in [2.75, 3.05) is 5.32 Å². The number of ether oxygens (including phenoxy) is 1. The molecule has 0 fully saturated rings. The maximum absolute atomic E-state index is 12.5. The third-order valence-electron chi connectivity index (χ3n) is 3.91. The molecular formula is C21H24N2O6S. The van der Waals surface area contributed by atoms with Crippen LogP contribution >= 0.6 is 0 Å². The average Bonchev–Trinajstić information content (AvgIpc) is 2.66. The van der Waals surface area contributed by atoms with Gasteiger partial charge in [0.2, 0.25) is 21.7 Å². The van der Waals surface area contributed by atoms with Crippen LogP contribution in [0.2, 0.25) is 0 Å². The van der Waals surface area contributed by atoms with E-state index in [9.17, 15) is 22.8 Å². The molecule has 8 nitrogen and oxygen atoms in total. The van der Waals surface area contributed by atoms with Crippen molar-refractivity contribution in [1.29, 1.82) is 0 Å². The second kappa shape index (κ2) is 9.64. The summed E-state index contributed by atoms with van der Waals surface area (Å²) in [4.78, 5) is 35.9. The van der Waals surface area contributed by atoms with E-state index in [1.807, 2.05) is 0 Å². The highest BCUT2D eigenvalue weighted by atomic mass is 32.2. The zero-order chi connectivity index (χ0) is 22.5. The topological polar surface area (TPSA) is 119 Å². The first-order valence-corrected chi connectivity index (χ1v) is 10.7. The number of sulfonamides is 1. The van der Waals surface area contributed by atoms with Gasteiger partial charge in [-0.1, -0.05) is 6.07 Å². The van der Waals surface area contributed by atoms with Crippen molar-refractivity contribution in [2.45, 2.75) is 44.7 Å². The first kappa shape index (κ1) is 23.2. The monoisotopic (exact) mass is 432 g/mol. The molecule has 0 aromatic heterocycles. The molecule has 1 amide bonds. The van der Waals surface area contributed by atoms with Gasteiger partial charge in [-0.3, -0.25) is 9.59 Å². The number of amides is 1. The average molecular weight is 432 g/mol. The molecule has 0 saturated heterocycles. The number of benzene rings is 2. The van der Waals surface area contributed by atoms with E-state index in [2.05, 4.69) is 10.0 Å². The molecule has 0 spiro atoms. The Balaban J connectivity index is 2.11. The molecule has 160 valence electrons. The lowest BCUT2D eigenvalue weighted by molar-refractivity contribution is -0.114. The molecule has 2 rings (SSSR count). The summed E-state index contributed by atoms with van der Waals surface area (Å²) in [5.41, 5.74) is 0.862. The standard InChI is InChI=1S/C21H24N2O6S/c1-13(2)23-30(27,28)19-7-5-6-17(12-19)21(26)29-14(3)20(25)16-8-10-18(11-9-16)22-15(4)24/h5-14,23H,1-4H3,(H,22,24). The summed E-state index contributed by atoms with van der Waals surface area (Å²) in [5.74, 6) is -1.47. The highest BCUT2D eigenvalue weighted by Crippen LogP contribution is 2.16. The van der Waals surface area contributed by atoms with Crippen LogP contribution in [0.4, 0.5) is 5.69 Å². The molecule has 1 unspecified atom stereocenters. The number of rotatable bonds is 8. The Morgan fingerprint density at radius 3 is 2.13 bits per heavy atom. The van der Waals surface area contributed by atoms with Gasteiger partial charge in [0.25, 0.3) is 0 Å². The van der Waals surface area contributed by atoms with Crippen LogP contribution in [0.3, 0.4) is 0 Å². The summed E-state index contributed by atoms with van der Waals surface area (Å²) in [6.07, 6.45) is -1.09. The van der Waals surface area contributed by atoms with E-state index in [1.54, 1.807) is 26.0 Å². The summed E-state index contributed by atoms with van der Waals surface area (Å²) in [7, 11) is -3.77. The predicted molar refractivity (Wildman–Crippen MR) is 112 cm³/mol. The number of esters is 1. The SMILES string of the molecule is CC(=O)Nc1ccc(C(=O)C(C)OC(=O)c2cccc(S(=O)(=O)NC(C)C)c2)cc1. The van der Waals surface area contributed by atoms with Crippen LogP contribution in [0.5, 0.6) is 0 Å². The number of carbonyl (C=O) groups excluding carboxylic acids is 3. The lowest BCUT2D eigenvalue weighted by atomic mass is 10.1. The van der Waals surface area contributed by atoms with Gasteiger partial charge < -0.3 is 10.1 Å². The van der Waals surface area contributed by atoms with E-state index in [1.165, 1.54) is 50.2 Å². The van der Waals surface area contributed by atoms with Crippen LogP contribution in [-0.2, 0) is 19.6 Å². The Morgan fingerprint density at radius 2 is 1.57 bits per heavy atom. The van der Waals surface area contributed by atoms with E-state index >= 15 is 0 Å². The molecule has 0 bridgehead atoms. The van der Waals surface area contributed by atoms with Gasteiger partial charge in [0.05, 0.1) is 10.5 Å². The molecule has 2 aromatic carbocycles. The van der Waals surface area contributed by atoms with Crippen LogP contribution in [-0.4, -0.2) is 38.2 Å². The number of hydrogen-bond acceptors (Lipinski definition) is 6. The van der Waals surface area contributed by atoms with E-state index in [4.69, 9.17) is 4.74 Å². The van der Waals surface area contributed by atoms with Crippen molar-refractivity contribution >= 4 is 33.4 Å². The zero-order valence-corrected chi connectivity index (χ0v) is 17.9. The molecule has 30 heavy (non-hydrogen) atoms. The molecule has 2 N–H and O–H groups in total. The fourth-order valence-electron chi connectivity index (χ4n) is 2.61. The van der Waals surface area contributed by atoms with E-state index in [0.717, 1.165) is 0 Å². The van der Waals surface area contributed by atoms with Gasteiger partial charge in [0.15, 0.2) is 6.10 Å². The Kier molecular flexibility index (Phi) is 7.47. The van der Waals surface area contributed by atoms with Crippen molar-refractivity contribution < 1.29 is 27.5 Å². The molecule has 2 aromatic rings. The number of hydrogen-bond donors (Lipinski definition) is 2. The Hall–Kier alpha value is -3.04. The van der Waals surface area contributed by atoms with E-state index in [0.29, 0.717) is 11.3 Å². The minimum absolute atomic E-state index is 0.0160. The van der Waals surface area contributed by atoms with Gasteiger partial charge in [-0.2, -0.15) is 0 Å². The first-order valence-electron chi connectivity index (χ1n) is 9.25. The number of nitrogens with one attached hydrogen (secondary N) is 2. The largest absolute Gasteiger partial charge is 0.451 e. The third kappa shape index (κ3) is 6.23. The van der Waals surface area contributed by atoms with Gasteiger partial charge in [-0.15, -0.1) is 0 Å². The maximum Gasteiger partial charge on any atom is 0.338 e. The normalized spacial score (nSPS) is 12.3. The van der Waals surface area contributed by atoms with E-state index < -0.39 is 27.9 Å². The summed E-state index contributed by atoms with van der Waals surface area (Å²) >= 11 is 0. The number of Topliss-reactive ketones (excluding diaryl/α,β-unsaturated/α-hetero) is 1. The van der Waals surface area contributed by atoms with Crippen LogP contribution in [0.15, 0.2) is 53.4 Å². The fourth-order valence-corrected chi connectivity index (χ4v) is 3.90. The molecule has 9 heteroatoms. The molecule has 0 aliphatic carbocycles. The fraction of sp³-hybridized carbons (Fsp3) is 0.286. The van der Waals surface area contributed by atoms with Gasteiger partial charge in [-0.25, -0.2) is 17.9 Å². The molecule has 1 atom stereocenters. The maximum atomic E-state index is 12.5. The van der Waals surface area contributed by atoms with Crippen molar-refractivity contribution in [1.82, 2.24) is 4.72 Å². The van der Waals surface area contributed by atoms with E-state index in [-0.39, 0.29) is 22.4 Å². The minimum Gasteiger partial charge on any atom is -0.451 e. The van der Waals surface area contributed by atoms with Crippen LogP contribution in [0.1, 0.15) is 48.4 Å². The lowest BCUT2D eigenvalue weighted by Crippen LogP contribution is -2.30. The molecule has 0 heterocycles. The Morgan fingerprint density at radius 1 is 0.933 bits per heavy atom. The summed E-state index contributed by atoms with van der Waals surface area (Å²) in [6.45, 7) is 6.18. The van der Waals surface area contributed by atoms with Gasteiger partial charge in [0.1, 0.15) is 0 Å². The number of anilines is 1. The molecule has 0 radical (unpaired) electrons. The quantitative estimate of drug-likeness (QED) is 0.489. The van der Waals surface area contributed by atoms with Crippen molar-refractivity contribution in [2.24, 2.45) is 0 Å². The Labute approximate surface area is 175 Å². The summed E-state index contributed by atoms with van der Waals surface area (Å²) < 4.78 is 32.2. The van der Waals surface area contributed by atoms with Crippen molar-refractivity contribution in [3.63, 3.8) is 0 Å². The molecule has 0 saturated carbocycles. The minimum atomic E-state index is -3.77. The van der Waals surface area contributed by atoms with Gasteiger partial charge in [0, 0.05) is 24.2 Å². The molecule has 0 aliphatic heterocycles. The summed E-state index contributed by atoms with van der Waals surface area (Å²) in [5, 5.41) is 2.59. The van der Waals surface area contributed by atoms with Gasteiger partial charge >= 0.3 is 5.97 Å². The Bertz CT molecular complexity index is 1050. The second-order valence-corrected chi connectivity index (χ2v) is 8.69. The molecule has 0 aliphatic rings. The van der Waals surface area contributed by atoms with Crippen LogP contribution in [0, 0.1) is 0 Å². The smallest absolute Gasteiger partial charge is 0.338 e. The van der Waals surface area contributed by atoms with Crippen LogP contribution < -0.4 is 10.0 Å². The summed E-state index contributed by atoms with van der Waals surface area (Å²) in [6, 6.07) is 11.3. The number of ketones is 1. The molecular weight excluding hydrogens is 408 g/mol. The van der Waals surface area contributed by atoms with Crippen LogP contribution in [0.25, 0.3) is 0 Å². The number of carbonyl (C=O) groups is 3. The zero-order valence-electron chi connectivity index (χ0n) is 17.1. The lowest BCUT2D eigenvalue weighted by Gasteiger charge is -2.14. The van der Waals surface area contributed by atoms with Gasteiger partial charge in [-0.05, 0) is 63.2 Å². The highest BCUT2D eigenvalue weighted by Gasteiger charge is 2.22. The second-order valence-electron chi connectivity index (χ2n) is 6.97. The van der Waals surface area contributed by atoms with Crippen molar-refractivity contribution in [3.05, 3.63) is 59.7 Å². The third-order valence-corrected chi connectivity index (χ3v) is 5.57.